The Balaban J connectivity index is 2.83. The zero-order valence-electron chi connectivity index (χ0n) is 13.9. The monoisotopic (exact) mass is 290 g/mol. The van der Waals surface area contributed by atoms with Gasteiger partial charge in [0.25, 0.3) is 0 Å². The van der Waals surface area contributed by atoms with Crippen LogP contribution in [0.25, 0.3) is 0 Å². The minimum atomic E-state index is -0.299. The van der Waals surface area contributed by atoms with Crippen molar-refractivity contribution in [2.45, 2.75) is 58.4 Å². The molecule has 0 spiro atoms. The Morgan fingerprint density at radius 3 is 2.24 bits per heavy atom. The molecule has 0 aliphatic heterocycles. The van der Waals surface area contributed by atoms with Crippen molar-refractivity contribution in [1.82, 2.24) is 5.32 Å². The molecule has 1 rings (SSSR count). The van der Waals surface area contributed by atoms with E-state index < -0.39 is 0 Å². The van der Waals surface area contributed by atoms with Gasteiger partial charge in [0, 0.05) is 12.1 Å². The summed E-state index contributed by atoms with van der Waals surface area (Å²) in [6.07, 6.45) is 2.70. The van der Waals surface area contributed by atoms with E-state index in [4.69, 9.17) is 5.73 Å². The second-order valence-electron chi connectivity index (χ2n) is 6.06. The van der Waals surface area contributed by atoms with Crippen LogP contribution < -0.4 is 11.1 Å². The van der Waals surface area contributed by atoms with Crippen LogP contribution in [-0.2, 0) is 4.79 Å². The van der Waals surface area contributed by atoms with Gasteiger partial charge >= 0.3 is 0 Å². The fourth-order valence-electron chi connectivity index (χ4n) is 2.51. The molecule has 1 amide bonds. The zero-order chi connectivity index (χ0) is 15.9. The van der Waals surface area contributed by atoms with Crippen molar-refractivity contribution in [3.8, 4) is 0 Å². The number of amides is 1. The van der Waals surface area contributed by atoms with Gasteiger partial charge in [-0.2, -0.15) is 0 Å². The van der Waals surface area contributed by atoms with Crippen LogP contribution in [0.1, 0.15) is 58.4 Å². The van der Waals surface area contributed by atoms with Gasteiger partial charge in [-0.3, -0.25) is 4.79 Å². The first-order valence-electron chi connectivity index (χ1n) is 8.09. The third kappa shape index (κ3) is 4.85. The average molecular weight is 290 g/mol. The molecule has 0 aromatic heterocycles. The highest BCUT2D eigenvalue weighted by molar-refractivity contribution is 5.84. The largest absolute Gasteiger partial charge is 0.354 e. The Labute approximate surface area is 129 Å². The standard InChI is InChI=1S/C18H30N2O/c1-5-14(4)16(15-11-9-8-10-12-15)17(21)20-13-18(19,6-2)7-3/h8-12,14,16H,5-7,13,19H2,1-4H3,(H,20,21). The third-order valence-electron chi connectivity index (χ3n) is 4.68. The second kappa shape index (κ2) is 8.18. The van der Waals surface area contributed by atoms with Gasteiger partial charge in [-0.25, -0.2) is 0 Å². The Kier molecular flexibility index (Phi) is 6.90. The molecule has 0 aliphatic rings. The Hall–Kier alpha value is -1.35. The molecule has 0 fully saturated rings. The van der Waals surface area contributed by atoms with E-state index in [0.717, 1.165) is 24.8 Å². The number of carbonyl (C=O) groups excluding carboxylic acids is 1. The Morgan fingerprint density at radius 1 is 1.19 bits per heavy atom. The highest BCUT2D eigenvalue weighted by atomic mass is 16.1. The summed E-state index contributed by atoms with van der Waals surface area (Å²) >= 11 is 0. The lowest BCUT2D eigenvalue weighted by Gasteiger charge is -2.29. The first kappa shape index (κ1) is 17.7. The van der Waals surface area contributed by atoms with E-state index in [0.29, 0.717) is 12.5 Å². The predicted octanol–water partition coefficient (Wildman–Crippen LogP) is 3.45. The minimum absolute atomic E-state index is 0.0901. The molecule has 0 bridgehead atoms. The number of carbonyl (C=O) groups is 1. The van der Waals surface area contributed by atoms with Gasteiger partial charge in [0.2, 0.25) is 5.91 Å². The summed E-state index contributed by atoms with van der Waals surface area (Å²) in [4.78, 5) is 12.7. The number of benzene rings is 1. The summed E-state index contributed by atoms with van der Waals surface area (Å²) in [7, 11) is 0. The molecule has 3 nitrogen and oxygen atoms in total. The van der Waals surface area contributed by atoms with Gasteiger partial charge in [0.15, 0.2) is 0 Å². The van der Waals surface area contributed by atoms with Crippen LogP contribution in [0.5, 0.6) is 0 Å². The fourth-order valence-corrected chi connectivity index (χ4v) is 2.51. The van der Waals surface area contributed by atoms with Crippen LogP contribution in [0.15, 0.2) is 30.3 Å². The van der Waals surface area contributed by atoms with Gasteiger partial charge < -0.3 is 11.1 Å². The fraction of sp³-hybridized carbons (Fsp3) is 0.611. The summed E-state index contributed by atoms with van der Waals surface area (Å²) in [5.74, 6) is 0.296. The minimum Gasteiger partial charge on any atom is -0.354 e. The predicted molar refractivity (Wildman–Crippen MR) is 89.1 cm³/mol. The molecule has 3 heteroatoms. The average Bonchev–Trinajstić information content (AvgIpc) is 2.53. The quantitative estimate of drug-likeness (QED) is 0.770. The maximum Gasteiger partial charge on any atom is 0.227 e. The van der Waals surface area contributed by atoms with Crippen LogP contribution in [-0.4, -0.2) is 18.0 Å². The van der Waals surface area contributed by atoms with E-state index in [-0.39, 0.29) is 17.4 Å². The normalized spacial score (nSPS) is 14.5. The van der Waals surface area contributed by atoms with Crippen LogP contribution in [0, 0.1) is 5.92 Å². The van der Waals surface area contributed by atoms with E-state index in [1.54, 1.807) is 0 Å². The van der Waals surface area contributed by atoms with Gasteiger partial charge in [-0.05, 0) is 24.3 Å². The molecule has 1 aromatic carbocycles. The number of nitrogens with two attached hydrogens (primary N) is 1. The van der Waals surface area contributed by atoms with E-state index in [2.05, 4.69) is 33.0 Å². The summed E-state index contributed by atoms with van der Waals surface area (Å²) in [5, 5.41) is 3.07. The van der Waals surface area contributed by atoms with Crippen LogP contribution in [0.2, 0.25) is 0 Å². The first-order valence-corrected chi connectivity index (χ1v) is 8.09. The molecule has 118 valence electrons. The number of hydrogen-bond donors (Lipinski definition) is 2. The van der Waals surface area contributed by atoms with E-state index in [1.807, 2.05) is 30.3 Å². The highest BCUT2D eigenvalue weighted by Crippen LogP contribution is 2.27. The van der Waals surface area contributed by atoms with Gasteiger partial charge in [0.1, 0.15) is 0 Å². The van der Waals surface area contributed by atoms with E-state index in [1.165, 1.54) is 0 Å². The van der Waals surface area contributed by atoms with E-state index in [9.17, 15) is 4.79 Å². The molecule has 0 saturated heterocycles. The molecule has 0 radical (unpaired) electrons. The highest BCUT2D eigenvalue weighted by Gasteiger charge is 2.28. The molecular weight excluding hydrogens is 260 g/mol. The van der Waals surface area contributed by atoms with Crippen molar-refractivity contribution in [3.63, 3.8) is 0 Å². The van der Waals surface area contributed by atoms with Gasteiger partial charge in [0.05, 0.1) is 5.92 Å². The second-order valence-corrected chi connectivity index (χ2v) is 6.06. The molecule has 0 saturated carbocycles. The molecule has 2 atom stereocenters. The van der Waals surface area contributed by atoms with Gasteiger partial charge in [-0.15, -0.1) is 0 Å². The van der Waals surface area contributed by atoms with Crippen molar-refractivity contribution in [1.29, 1.82) is 0 Å². The van der Waals surface area contributed by atoms with Crippen LogP contribution >= 0.6 is 0 Å². The summed E-state index contributed by atoms with van der Waals surface area (Å²) < 4.78 is 0. The van der Waals surface area contributed by atoms with Crippen LogP contribution in [0.4, 0.5) is 0 Å². The summed E-state index contributed by atoms with van der Waals surface area (Å²) in [6.45, 7) is 8.93. The van der Waals surface area contributed by atoms with Crippen molar-refractivity contribution in [2.24, 2.45) is 11.7 Å². The molecule has 0 aliphatic carbocycles. The van der Waals surface area contributed by atoms with Crippen molar-refractivity contribution in [2.75, 3.05) is 6.54 Å². The molecule has 2 unspecified atom stereocenters. The smallest absolute Gasteiger partial charge is 0.227 e. The SMILES string of the molecule is CCC(C)C(C(=O)NCC(N)(CC)CC)c1ccccc1. The molecule has 0 heterocycles. The molecule has 1 aromatic rings. The summed E-state index contributed by atoms with van der Waals surface area (Å²) in [5.41, 5.74) is 7.06. The summed E-state index contributed by atoms with van der Waals surface area (Å²) in [6, 6.07) is 10.0. The Morgan fingerprint density at radius 2 is 1.76 bits per heavy atom. The third-order valence-corrected chi connectivity index (χ3v) is 4.68. The number of nitrogens with one attached hydrogen (secondary N) is 1. The number of rotatable bonds is 8. The molecular formula is C18H30N2O. The lowest BCUT2D eigenvalue weighted by Crippen LogP contribution is -2.50. The topological polar surface area (TPSA) is 55.1 Å². The lowest BCUT2D eigenvalue weighted by atomic mass is 9.84. The van der Waals surface area contributed by atoms with E-state index >= 15 is 0 Å². The lowest BCUT2D eigenvalue weighted by molar-refractivity contribution is -0.124. The van der Waals surface area contributed by atoms with Crippen LogP contribution in [0.3, 0.4) is 0 Å². The first-order chi connectivity index (χ1) is 9.97. The van der Waals surface area contributed by atoms with Crippen molar-refractivity contribution < 1.29 is 4.79 Å². The maximum absolute atomic E-state index is 12.7. The molecule has 21 heavy (non-hydrogen) atoms. The zero-order valence-corrected chi connectivity index (χ0v) is 13.9. The van der Waals surface area contributed by atoms with Crippen molar-refractivity contribution >= 4 is 5.91 Å². The van der Waals surface area contributed by atoms with Gasteiger partial charge in [-0.1, -0.05) is 64.4 Å². The Bertz CT molecular complexity index is 426. The molecule has 3 N–H and O–H groups in total. The maximum atomic E-state index is 12.7. The number of hydrogen-bond acceptors (Lipinski definition) is 2. The van der Waals surface area contributed by atoms with Crippen molar-refractivity contribution in [3.05, 3.63) is 35.9 Å².